The third-order valence-electron chi connectivity index (χ3n) is 5.64. The lowest BCUT2D eigenvalue weighted by Crippen LogP contribution is -2.47. The van der Waals surface area contributed by atoms with Gasteiger partial charge in [-0.3, -0.25) is 9.69 Å². The quantitative estimate of drug-likeness (QED) is 0.667. The highest BCUT2D eigenvalue weighted by Crippen LogP contribution is 2.34. The van der Waals surface area contributed by atoms with Gasteiger partial charge < -0.3 is 9.64 Å². The van der Waals surface area contributed by atoms with E-state index in [1.807, 2.05) is 29.2 Å². The number of halogens is 1. The third kappa shape index (κ3) is 3.14. The largest absolute Gasteiger partial charge is 0.431 e. The number of aromatic nitrogens is 1. The first kappa shape index (κ1) is 17.6. The second kappa shape index (κ2) is 6.83. The predicted octanol–water partition coefficient (Wildman–Crippen LogP) is 4.03. The molecule has 0 N–H and O–H groups in total. The molecule has 2 bridgehead atoms. The summed E-state index contributed by atoms with van der Waals surface area (Å²) in [7, 11) is 0. The van der Waals surface area contributed by atoms with E-state index in [1.165, 1.54) is 17.4 Å². The molecule has 0 radical (unpaired) electrons. The van der Waals surface area contributed by atoms with Gasteiger partial charge in [0.25, 0.3) is 5.19 Å². The Hall–Kier alpha value is -2.51. The van der Waals surface area contributed by atoms with Crippen molar-refractivity contribution in [2.45, 2.75) is 32.0 Å². The highest BCUT2D eigenvalue weighted by Gasteiger charge is 2.44. The molecule has 144 valence electrons. The Bertz CT molecular complexity index is 1020. The van der Waals surface area contributed by atoms with Crippen LogP contribution >= 0.6 is 11.3 Å². The molecule has 2 atom stereocenters. The van der Waals surface area contributed by atoms with Gasteiger partial charge in [-0.15, -0.1) is 0 Å². The molecule has 0 aliphatic carbocycles. The number of piperazine rings is 1. The Kier molecular flexibility index (Phi) is 4.29. The Morgan fingerprint density at radius 3 is 2.82 bits per heavy atom. The van der Waals surface area contributed by atoms with Crippen LogP contribution in [0.2, 0.25) is 0 Å². The maximum absolute atomic E-state index is 14.7. The highest BCUT2D eigenvalue weighted by molar-refractivity contribution is 7.20. The van der Waals surface area contributed by atoms with Crippen LogP contribution in [-0.4, -0.2) is 45.9 Å². The molecule has 2 saturated heterocycles. The fourth-order valence-corrected chi connectivity index (χ4v) is 5.10. The number of ether oxygens (including phenoxy) is 1. The first-order valence-electron chi connectivity index (χ1n) is 9.40. The van der Waals surface area contributed by atoms with Gasteiger partial charge in [-0.05, 0) is 24.6 Å². The predicted molar refractivity (Wildman–Crippen MR) is 106 cm³/mol. The van der Waals surface area contributed by atoms with E-state index in [1.54, 1.807) is 19.1 Å². The number of fused-ring (bicyclic) bond motifs is 3. The fourth-order valence-electron chi connectivity index (χ4n) is 4.26. The molecule has 5 nitrogen and oxygen atoms in total. The number of benzene rings is 2. The average molecular weight is 397 g/mol. The molecule has 2 unspecified atom stereocenters. The summed E-state index contributed by atoms with van der Waals surface area (Å²) < 4.78 is 21.5. The molecule has 1 amide bonds. The third-order valence-corrected chi connectivity index (χ3v) is 6.55. The zero-order valence-corrected chi connectivity index (χ0v) is 16.3. The van der Waals surface area contributed by atoms with Crippen LogP contribution in [0, 0.1) is 5.82 Å². The molecule has 2 aromatic carbocycles. The molecule has 2 aliphatic rings. The minimum absolute atomic E-state index is 0.134. The summed E-state index contributed by atoms with van der Waals surface area (Å²) in [5, 5.41) is 0.509. The Morgan fingerprint density at radius 2 is 2.11 bits per heavy atom. The molecule has 3 heterocycles. The standard InChI is InChI=1S/C21H20FN3O2S/c1-13(26)25-12-15-8-16(25)11-24(15)10-14-6-7-17(9-18(14)22)27-21-23-19-4-2-3-5-20(19)28-21/h2-7,9,15-16H,8,10-12H2,1H3. The van der Waals surface area contributed by atoms with Crippen LogP contribution in [0.5, 0.6) is 10.9 Å². The van der Waals surface area contributed by atoms with E-state index in [0.717, 1.165) is 29.7 Å². The van der Waals surface area contributed by atoms with E-state index in [4.69, 9.17) is 4.74 Å². The second-order valence-corrected chi connectivity index (χ2v) is 8.44. The molecule has 7 heteroatoms. The van der Waals surface area contributed by atoms with Crippen molar-refractivity contribution in [3.63, 3.8) is 0 Å². The topological polar surface area (TPSA) is 45.7 Å². The van der Waals surface area contributed by atoms with Crippen molar-refractivity contribution in [2.24, 2.45) is 0 Å². The van der Waals surface area contributed by atoms with Crippen molar-refractivity contribution < 1.29 is 13.9 Å². The van der Waals surface area contributed by atoms with Crippen molar-refractivity contribution in [1.29, 1.82) is 0 Å². The molecule has 1 aromatic heterocycles. The zero-order chi connectivity index (χ0) is 19.3. The van der Waals surface area contributed by atoms with Crippen molar-refractivity contribution in [3.05, 3.63) is 53.8 Å². The monoisotopic (exact) mass is 397 g/mol. The van der Waals surface area contributed by atoms with Gasteiger partial charge in [0.05, 0.1) is 10.2 Å². The maximum atomic E-state index is 14.7. The van der Waals surface area contributed by atoms with Gasteiger partial charge in [-0.1, -0.05) is 29.5 Å². The number of carbonyl (C=O) groups excluding carboxylic acids is 1. The van der Waals surface area contributed by atoms with Gasteiger partial charge in [0.15, 0.2) is 0 Å². The zero-order valence-electron chi connectivity index (χ0n) is 15.5. The van der Waals surface area contributed by atoms with Gasteiger partial charge in [0.1, 0.15) is 11.6 Å². The second-order valence-electron chi connectivity index (χ2n) is 7.45. The summed E-state index contributed by atoms with van der Waals surface area (Å²) in [5.41, 5.74) is 1.53. The maximum Gasteiger partial charge on any atom is 0.279 e. The van der Waals surface area contributed by atoms with Crippen LogP contribution in [0.3, 0.4) is 0 Å². The number of nitrogens with zero attached hydrogens (tertiary/aromatic N) is 3. The van der Waals surface area contributed by atoms with E-state index in [0.29, 0.717) is 29.1 Å². The summed E-state index contributed by atoms with van der Waals surface area (Å²) in [5.74, 6) is 0.311. The van der Waals surface area contributed by atoms with Crippen molar-refractivity contribution in [1.82, 2.24) is 14.8 Å². The lowest BCUT2D eigenvalue weighted by Gasteiger charge is -2.33. The molecule has 0 saturated carbocycles. The Labute approximate surface area is 166 Å². The Balaban J connectivity index is 1.27. The first-order chi connectivity index (χ1) is 13.6. The summed E-state index contributed by atoms with van der Waals surface area (Å²) in [6.07, 6.45) is 0.986. The van der Waals surface area contributed by atoms with Crippen LogP contribution in [0.25, 0.3) is 10.2 Å². The normalized spacial score (nSPS) is 21.6. The number of carbonyl (C=O) groups is 1. The number of para-hydroxylation sites is 1. The highest BCUT2D eigenvalue weighted by atomic mass is 32.1. The van der Waals surface area contributed by atoms with E-state index in [2.05, 4.69) is 9.88 Å². The van der Waals surface area contributed by atoms with Gasteiger partial charge in [-0.2, -0.15) is 0 Å². The van der Waals surface area contributed by atoms with Gasteiger partial charge in [0, 0.05) is 50.3 Å². The molecule has 28 heavy (non-hydrogen) atoms. The number of amides is 1. The number of thiazole rings is 1. The lowest BCUT2D eigenvalue weighted by molar-refractivity contribution is -0.131. The van der Waals surface area contributed by atoms with E-state index < -0.39 is 0 Å². The van der Waals surface area contributed by atoms with Crippen molar-refractivity contribution >= 4 is 27.5 Å². The molecular weight excluding hydrogens is 377 g/mol. The average Bonchev–Trinajstić information content (AvgIpc) is 3.36. The summed E-state index contributed by atoms with van der Waals surface area (Å²) in [6.45, 7) is 3.74. The van der Waals surface area contributed by atoms with E-state index >= 15 is 0 Å². The number of hydrogen-bond donors (Lipinski definition) is 0. The van der Waals surface area contributed by atoms with E-state index in [9.17, 15) is 9.18 Å². The SMILES string of the molecule is CC(=O)N1CC2CC1CN2Cc1ccc(Oc2nc3ccccc3s2)cc1F. The Morgan fingerprint density at radius 1 is 1.25 bits per heavy atom. The van der Waals surface area contributed by atoms with Crippen LogP contribution < -0.4 is 4.74 Å². The minimum atomic E-state index is -0.273. The van der Waals surface area contributed by atoms with Gasteiger partial charge >= 0.3 is 0 Å². The minimum Gasteiger partial charge on any atom is -0.431 e. The summed E-state index contributed by atoms with van der Waals surface area (Å²) >= 11 is 1.44. The van der Waals surface area contributed by atoms with Crippen LogP contribution in [0.1, 0.15) is 18.9 Å². The number of likely N-dealkylation sites (tertiary alicyclic amines) is 2. The lowest BCUT2D eigenvalue weighted by atomic mass is 10.1. The molecular formula is C21H20FN3O2S. The first-order valence-corrected chi connectivity index (χ1v) is 10.2. The van der Waals surface area contributed by atoms with Gasteiger partial charge in [0.2, 0.25) is 5.91 Å². The molecule has 3 aromatic rings. The molecule has 2 fully saturated rings. The fraction of sp³-hybridized carbons (Fsp3) is 0.333. The van der Waals surface area contributed by atoms with Crippen LogP contribution in [0.4, 0.5) is 4.39 Å². The number of rotatable bonds is 4. The van der Waals surface area contributed by atoms with Gasteiger partial charge in [-0.25, -0.2) is 9.37 Å². The number of hydrogen-bond acceptors (Lipinski definition) is 5. The smallest absolute Gasteiger partial charge is 0.279 e. The summed E-state index contributed by atoms with van der Waals surface area (Å²) in [6, 6.07) is 13.4. The summed E-state index contributed by atoms with van der Waals surface area (Å²) in [4.78, 5) is 20.3. The molecule has 0 spiro atoms. The van der Waals surface area contributed by atoms with Crippen molar-refractivity contribution in [2.75, 3.05) is 13.1 Å². The van der Waals surface area contributed by atoms with Crippen LogP contribution in [-0.2, 0) is 11.3 Å². The van der Waals surface area contributed by atoms with Crippen LogP contribution in [0.15, 0.2) is 42.5 Å². The molecule has 5 rings (SSSR count). The van der Waals surface area contributed by atoms with E-state index in [-0.39, 0.29) is 17.8 Å². The molecule has 2 aliphatic heterocycles. The van der Waals surface area contributed by atoms with Crippen molar-refractivity contribution in [3.8, 4) is 10.9 Å².